The van der Waals surface area contributed by atoms with Crippen molar-refractivity contribution < 1.29 is 9.53 Å². The molecule has 1 aliphatic heterocycles. The molecule has 4 rings (SSSR count). The van der Waals surface area contributed by atoms with Crippen molar-refractivity contribution in [3.05, 3.63) is 72.2 Å². The molecule has 0 saturated carbocycles. The van der Waals surface area contributed by atoms with Gasteiger partial charge in [-0.1, -0.05) is 36.4 Å². The molecule has 0 radical (unpaired) electrons. The molecule has 0 atom stereocenters. The molecule has 6 heteroatoms. The van der Waals surface area contributed by atoms with Crippen LogP contribution in [0.15, 0.2) is 61.1 Å². The van der Waals surface area contributed by atoms with Gasteiger partial charge in [0.15, 0.2) is 0 Å². The van der Waals surface area contributed by atoms with E-state index in [4.69, 9.17) is 4.74 Å². The topological polar surface area (TPSA) is 69.0 Å². The molecule has 144 valence electrons. The van der Waals surface area contributed by atoms with Gasteiger partial charge in [0.05, 0.1) is 17.3 Å². The Kier molecular flexibility index (Phi) is 5.21. The molecular formula is C22H24N4O2. The van der Waals surface area contributed by atoms with Crippen LogP contribution in [0.3, 0.4) is 0 Å². The first-order valence-corrected chi connectivity index (χ1v) is 9.53. The van der Waals surface area contributed by atoms with Crippen LogP contribution in [0, 0.1) is 0 Å². The molecule has 1 aromatic carbocycles. The zero-order valence-electron chi connectivity index (χ0n) is 16.0. The van der Waals surface area contributed by atoms with Gasteiger partial charge in [0, 0.05) is 44.8 Å². The Hall–Kier alpha value is -2.99. The van der Waals surface area contributed by atoms with E-state index in [1.54, 1.807) is 10.9 Å². The minimum atomic E-state index is -0.525. The van der Waals surface area contributed by atoms with Gasteiger partial charge in [-0.25, -0.2) is 0 Å². The maximum atomic E-state index is 13.2. The van der Waals surface area contributed by atoms with E-state index < -0.39 is 5.41 Å². The summed E-state index contributed by atoms with van der Waals surface area (Å²) in [4.78, 5) is 17.7. The quantitative estimate of drug-likeness (QED) is 0.743. The van der Waals surface area contributed by atoms with Gasteiger partial charge in [0.2, 0.25) is 5.91 Å². The Morgan fingerprint density at radius 1 is 1.14 bits per heavy atom. The Morgan fingerprint density at radius 3 is 2.57 bits per heavy atom. The molecular weight excluding hydrogens is 352 g/mol. The highest BCUT2D eigenvalue weighted by molar-refractivity contribution is 5.88. The van der Waals surface area contributed by atoms with Crippen molar-refractivity contribution >= 4 is 5.91 Å². The largest absolute Gasteiger partial charge is 0.381 e. The summed E-state index contributed by atoms with van der Waals surface area (Å²) in [6, 6.07) is 14.0. The number of nitrogens with zero attached hydrogens (tertiary/aromatic N) is 3. The number of pyridine rings is 1. The predicted octanol–water partition coefficient (Wildman–Crippen LogP) is 2.85. The van der Waals surface area contributed by atoms with Gasteiger partial charge in [0.1, 0.15) is 0 Å². The Labute approximate surface area is 164 Å². The number of rotatable bonds is 5. The normalized spacial score (nSPS) is 15.9. The van der Waals surface area contributed by atoms with Crippen molar-refractivity contribution in [2.75, 3.05) is 13.2 Å². The number of carbonyl (C=O) groups is 1. The molecule has 3 heterocycles. The molecule has 6 nitrogen and oxygen atoms in total. The van der Waals surface area contributed by atoms with Crippen molar-refractivity contribution in [3.8, 4) is 11.3 Å². The minimum absolute atomic E-state index is 0.0540. The minimum Gasteiger partial charge on any atom is -0.381 e. The molecule has 0 unspecified atom stereocenters. The molecule has 2 aromatic heterocycles. The van der Waals surface area contributed by atoms with Crippen LogP contribution in [-0.2, 0) is 28.5 Å². The number of benzene rings is 1. The van der Waals surface area contributed by atoms with Gasteiger partial charge in [-0.2, -0.15) is 5.10 Å². The molecule has 1 aliphatic rings. The first kappa shape index (κ1) is 18.4. The lowest BCUT2D eigenvalue weighted by molar-refractivity contribution is -0.130. The molecule has 0 spiro atoms. The summed E-state index contributed by atoms with van der Waals surface area (Å²) in [5.41, 5.74) is 3.34. The lowest BCUT2D eigenvalue weighted by Crippen LogP contribution is -2.47. The van der Waals surface area contributed by atoms with Crippen LogP contribution in [-0.4, -0.2) is 33.9 Å². The van der Waals surface area contributed by atoms with Crippen molar-refractivity contribution in [2.45, 2.75) is 24.8 Å². The molecule has 28 heavy (non-hydrogen) atoms. The summed E-state index contributed by atoms with van der Waals surface area (Å²) in [6.07, 6.45) is 6.92. The first-order valence-electron chi connectivity index (χ1n) is 9.53. The second-order valence-electron chi connectivity index (χ2n) is 7.20. The smallest absolute Gasteiger partial charge is 0.231 e. The molecule has 1 saturated heterocycles. The lowest BCUT2D eigenvalue weighted by Gasteiger charge is -2.36. The van der Waals surface area contributed by atoms with Crippen molar-refractivity contribution in [1.82, 2.24) is 20.1 Å². The van der Waals surface area contributed by atoms with Gasteiger partial charge in [-0.05, 0) is 30.0 Å². The third-order valence-corrected chi connectivity index (χ3v) is 5.39. The zero-order valence-corrected chi connectivity index (χ0v) is 16.0. The fourth-order valence-electron chi connectivity index (χ4n) is 3.73. The Bertz CT molecular complexity index is 929. The summed E-state index contributed by atoms with van der Waals surface area (Å²) in [5.74, 6) is 0.0540. The number of hydrogen-bond donors (Lipinski definition) is 1. The van der Waals surface area contributed by atoms with Crippen LogP contribution in [0.25, 0.3) is 11.3 Å². The van der Waals surface area contributed by atoms with Gasteiger partial charge < -0.3 is 10.1 Å². The Morgan fingerprint density at radius 2 is 1.93 bits per heavy atom. The molecule has 0 aliphatic carbocycles. The van der Waals surface area contributed by atoms with E-state index >= 15 is 0 Å². The van der Waals surface area contributed by atoms with Crippen molar-refractivity contribution in [3.63, 3.8) is 0 Å². The SMILES string of the molecule is Cn1cc(-c2ccc(CNC(=O)C3(c4ccccc4)CCOCC3)cn2)cn1. The van der Waals surface area contributed by atoms with E-state index in [1.165, 1.54) is 0 Å². The number of aryl methyl sites for hydroxylation is 1. The van der Waals surface area contributed by atoms with Gasteiger partial charge >= 0.3 is 0 Å². The van der Waals surface area contributed by atoms with E-state index in [0.717, 1.165) is 22.4 Å². The van der Waals surface area contributed by atoms with E-state index in [2.05, 4.69) is 15.4 Å². The van der Waals surface area contributed by atoms with Crippen LogP contribution in [0.5, 0.6) is 0 Å². The number of nitrogens with one attached hydrogen (secondary N) is 1. The third kappa shape index (κ3) is 3.68. The highest BCUT2D eigenvalue weighted by Gasteiger charge is 2.41. The molecule has 0 bridgehead atoms. The highest BCUT2D eigenvalue weighted by atomic mass is 16.5. The summed E-state index contributed by atoms with van der Waals surface area (Å²) >= 11 is 0. The second kappa shape index (κ2) is 7.94. The number of amides is 1. The molecule has 3 aromatic rings. The van der Waals surface area contributed by atoms with E-state index in [-0.39, 0.29) is 5.91 Å². The highest BCUT2D eigenvalue weighted by Crippen LogP contribution is 2.35. The van der Waals surface area contributed by atoms with Crippen molar-refractivity contribution in [1.29, 1.82) is 0 Å². The molecule has 1 amide bonds. The monoisotopic (exact) mass is 376 g/mol. The van der Waals surface area contributed by atoms with Gasteiger partial charge in [0.25, 0.3) is 0 Å². The van der Waals surface area contributed by atoms with Crippen LogP contribution in [0.2, 0.25) is 0 Å². The average molecular weight is 376 g/mol. The van der Waals surface area contributed by atoms with Crippen molar-refractivity contribution in [2.24, 2.45) is 7.05 Å². The summed E-state index contributed by atoms with van der Waals surface area (Å²) in [6.45, 7) is 1.65. The fraction of sp³-hybridized carbons (Fsp3) is 0.318. The third-order valence-electron chi connectivity index (χ3n) is 5.39. The summed E-state index contributed by atoms with van der Waals surface area (Å²) in [5, 5.41) is 7.29. The maximum absolute atomic E-state index is 13.2. The number of ether oxygens (including phenoxy) is 1. The van der Waals surface area contributed by atoms with Gasteiger partial charge in [-0.3, -0.25) is 14.5 Å². The Balaban J connectivity index is 1.46. The van der Waals surface area contributed by atoms with Crippen LogP contribution in [0.4, 0.5) is 0 Å². The molecule has 1 N–H and O–H groups in total. The summed E-state index contributed by atoms with van der Waals surface area (Å²) in [7, 11) is 1.88. The van der Waals surface area contributed by atoms with E-state index in [1.807, 2.05) is 61.9 Å². The first-order chi connectivity index (χ1) is 13.7. The van der Waals surface area contributed by atoms with E-state index in [9.17, 15) is 4.79 Å². The summed E-state index contributed by atoms with van der Waals surface area (Å²) < 4.78 is 7.27. The zero-order chi connectivity index (χ0) is 19.4. The van der Waals surface area contributed by atoms with Gasteiger partial charge in [-0.15, -0.1) is 0 Å². The van der Waals surface area contributed by atoms with Crippen LogP contribution in [0.1, 0.15) is 24.0 Å². The number of hydrogen-bond acceptors (Lipinski definition) is 4. The fourth-order valence-corrected chi connectivity index (χ4v) is 3.73. The number of carbonyl (C=O) groups excluding carboxylic acids is 1. The lowest BCUT2D eigenvalue weighted by atomic mass is 9.73. The van der Waals surface area contributed by atoms with E-state index in [0.29, 0.717) is 32.6 Å². The second-order valence-corrected chi connectivity index (χ2v) is 7.20. The van der Waals surface area contributed by atoms with Crippen LogP contribution < -0.4 is 5.32 Å². The average Bonchev–Trinajstić information content (AvgIpc) is 3.20. The molecule has 1 fully saturated rings. The standard InChI is InChI=1S/C22H24N4O2/c1-26-16-18(15-25-26)20-8-7-17(13-23-20)14-24-21(27)22(9-11-28-12-10-22)19-5-3-2-4-6-19/h2-8,13,15-16H,9-12,14H2,1H3,(H,24,27). The van der Waals surface area contributed by atoms with Crippen LogP contribution >= 0.6 is 0 Å². The predicted molar refractivity (Wildman–Crippen MR) is 106 cm³/mol. The number of aromatic nitrogens is 3. The maximum Gasteiger partial charge on any atom is 0.231 e.